The molecule has 0 fully saturated rings. The van der Waals surface area contributed by atoms with Crippen molar-refractivity contribution in [3.05, 3.63) is 35.4 Å². The maximum atomic E-state index is 7.56. The quantitative estimate of drug-likeness (QED) is 0.0464. The van der Waals surface area contributed by atoms with E-state index >= 15 is 0 Å². The van der Waals surface area contributed by atoms with E-state index in [1.54, 1.807) is 11.1 Å². The van der Waals surface area contributed by atoms with Gasteiger partial charge in [0.1, 0.15) is 0 Å². The molecule has 0 aliphatic carbocycles. The first-order chi connectivity index (χ1) is 17.9. The van der Waals surface area contributed by atoms with Crippen LogP contribution in [0.4, 0.5) is 0 Å². The summed E-state index contributed by atoms with van der Waals surface area (Å²) < 4.78 is 0. The topological polar surface area (TPSA) is 121 Å². The smallest absolute Gasteiger partial charge is 0.319 e. The molecule has 1 aromatic rings. The van der Waals surface area contributed by atoms with E-state index in [0.717, 1.165) is 0 Å². The number of aryl methyl sites for hydroxylation is 2. The predicted octanol–water partition coefficient (Wildman–Crippen LogP) is 8.21. The summed E-state index contributed by atoms with van der Waals surface area (Å²) in [6.07, 6.45) is 28.2. The van der Waals surface area contributed by atoms with Crippen molar-refractivity contribution in [3.8, 4) is 0 Å². The molecule has 0 bridgehead atoms. The Hall–Kier alpha value is 0.903. The molecular formula is C28H56O6P2S2Zn. The van der Waals surface area contributed by atoms with Crippen LogP contribution in [0.1, 0.15) is 141 Å². The molecular weight excluding hydrogens is 624 g/mol. The number of hydrogen-bond donors (Lipinski definition) is 6. The van der Waals surface area contributed by atoms with Crippen LogP contribution >= 0.6 is 13.4 Å². The summed E-state index contributed by atoms with van der Waals surface area (Å²) in [7, 11) is 0. The molecule has 39 heavy (non-hydrogen) atoms. The minimum Gasteiger partial charge on any atom is -0.325 e. The summed E-state index contributed by atoms with van der Waals surface area (Å²) in [5.74, 6) is 0. The first kappa shape index (κ1) is 44.3. The fourth-order valence-electron chi connectivity index (χ4n) is 4.30. The Kier molecular flexibility index (Phi) is 34.5. The molecule has 0 atom stereocenters. The molecule has 0 aliphatic heterocycles. The Balaban J connectivity index is -0.00000100. The molecule has 1 aromatic carbocycles. The molecule has 0 radical (unpaired) electrons. The average Bonchev–Trinajstić information content (AvgIpc) is 2.80. The van der Waals surface area contributed by atoms with Crippen LogP contribution < -0.4 is 0 Å². The third-order valence-corrected chi connectivity index (χ3v) is 6.22. The molecule has 0 saturated heterocycles. The summed E-state index contributed by atoms with van der Waals surface area (Å²) in [6, 6.07) is 9.24. The molecule has 11 heteroatoms. The van der Waals surface area contributed by atoms with Crippen molar-refractivity contribution < 1.29 is 48.8 Å². The molecule has 0 amide bonds. The van der Waals surface area contributed by atoms with Crippen LogP contribution in [0.15, 0.2) is 24.3 Å². The maximum absolute atomic E-state index is 7.56. The average molecular weight is 680 g/mol. The number of benzene rings is 1. The van der Waals surface area contributed by atoms with Crippen molar-refractivity contribution in [3.63, 3.8) is 0 Å². The molecule has 0 aromatic heterocycles. The van der Waals surface area contributed by atoms with Gasteiger partial charge in [-0.15, -0.1) is 0 Å². The van der Waals surface area contributed by atoms with Crippen LogP contribution in [0.3, 0.4) is 0 Å². The third-order valence-electron chi connectivity index (χ3n) is 6.22. The van der Waals surface area contributed by atoms with Gasteiger partial charge in [-0.1, -0.05) is 141 Å². The zero-order valence-electron chi connectivity index (χ0n) is 24.6. The van der Waals surface area contributed by atoms with Gasteiger partial charge in [-0.25, -0.2) is 0 Å². The van der Waals surface area contributed by atoms with Crippen molar-refractivity contribution in [2.75, 3.05) is 0 Å². The molecule has 0 spiro atoms. The third kappa shape index (κ3) is 46.1. The summed E-state index contributed by atoms with van der Waals surface area (Å²) >= 11 is 7.21. The van der Waals surface area contributed by atoms with Gasteiger partial charge >= 0.3 is 13.4 Å². The molecule has 0 aliphatic rings. The van der Waals surface area contributed by atoms with Gasteiger partial charge in [0.2, 0.25) is 0 Å². The largest absolute Gasteiger partial charge is 0.325 e. The summed E-state index contributed by atoms with van der Waals surface area (Å²) in [5, 5.41) is 0. The van der Waals surface area contributed by atoms with Gasteiger partial charge in [0.15, 0.2) is 0 Å². The molecule has 0 saturated carbocycles. The normalized spacial score (nSPS) is 11.1. The van der Waals surface area contributed by atoms with E-state index in [1.165, 1.54) is 128 Å². The SMILES string of the molecule is CCCCCCCCCCCc1ccccc1CCCCCCCCCCC.OP(O)(O)=S.OP(O)(O)=S.[Zn]. The van der Waals surface area contributed by atoms with Crippen molar-refractivity contribution in [2.24, 2.45) is 0 Å². The molecule has 0 heterocycles. The van der Waals surface area contributed by atoms with E-state index in [1.807, 2.05) is 0 Å². The Labute approximate surface area is 262 Å². The first-order valence-electron chi connectivity index (χ1n) is 14.5. The fraction of sp³-hybridized carbons (Fsp3) is 0.786. The van der Waals surface area contributed by atoms with Crippen molar-refractivity contribution in [1.29, 1.82) is 0 Å². The Bertz CT molecular complexity index is 669. The van der Waals surface area contributed by atoms with Crippen molar-refractivity contribution in [2.45, 2.75) is 142 Å². The summed E-state index contributed by atoms with van der Waals surface area (Å²) in [6.45, 7) is -3.01. The molecule has 6 N–H and O–H groups in total. The second-order valence-electron chi connectivity index (χ2n) is 9.95. The minimum atomic E-state index is -3.81. The van der Waals surface area contributed by atoms with Gasteiger partial charge in [-0.2, -0.15) is 0 Å². The summed E-state index contributed by atoms with van der Waals surface area (Å²) in [5.41, 5.74) is 3.26. The maximum Gasteiger partial charge on any atom is 0.319 e. The molecule has 6 nitrogen and oxygen atoms in total. The molecule has 1 rings (SSSR count). The zero-order chi connectivity index (χ0) is 29.1. The summed E-state index contributed by atoms with van der Waals surface area (Å²) in [4.78, 5) is 45.3. The van der Waals surface area contributed by atoms with Gasteiger partial charge in [0, 0.05) is 19.5 Å². The fourth-order valence-corrected chi connectivity index (χ4v) is 4.30. The van der Waals surface area contributed by atoms with E-state index in [-0.39, 0.29) is 19.5 Å². The van der Waals surface area contributed by atoms with Gasteiger partial charge in [-0.3, -0.25) is 0 Å². The van der Waals surface area contributed by atoms with E-state index in [4.69, 9.17) is 29.4 Å². The van der Waals surface area contributed by atoms with Crippen LogP contribution in [0.2, 0.25) is 0 Å². The van der Waals surface area contributed by atoms with Crippen molar-refractivity contribution in [1.82, 2.24) is 0 Å². The van der Waals surface area contributed by atoms with E-state index in [2.05, 4.69) is 61.7 Å². The van der Waals surface area contributed by atoms with E-state index < -0.39 is 13.4 Å². The zero-order valence-corrected chi connectivity index (χ0v) is 30.9. The van der Waals surface area contributed by atoms with Crippen molar-refractivity contribution >= 4 is 37.1 Å². The van der Waals surface area contributed by atoms with Crippen LogP contribution in [0, 0.1) is 0 Å². The van der Waals surface area contributed by atoms with Crippen LogP contribution in [0.25, 0.3) is 0 Å². The Morgan fingerprint density at radius 2 is 0.667 bits per heavy atom. The molecule has 228 valence electrons. The number of unbranched alkanes of at least 4 members (excludes halogenated alkanes) is 16. The van der Waals surface area contributed by atoms with Crippen LogP contribution in [-0.4, -0.2) is 29.4 Å². The standard InChI is InChI=1S/C28H50.2H3O3PS.Zn/c1-3-5-7-9-11-13-15-17-19-23-27-25-21-22-26-28(27)24-20-18-16-14-12-10-8-6-4-2;2*1-4(2,3)5;/h21-22,25-26H,3-20,23-24H2,1-2H3;2*(H3,1,2,3,5);. The first-order valence-corrected chi connectivity index (χ1v) is 19.8. The van der Waals surface area contributed by atoms with Gasteiger partial charge < -0.3 is 29.4 Å². The van der Waals surface area contributed by atoms with E-state index in [9.17, 15) is 0 Å². The van der Waals surface area contributed by atoms with Crippen LogP contribution in [-0.2, 0) is 55.9 Å². The van der Waals surface area contributed by atoms with E-state index in [0.29, 0.717) is 0 Å². The molecule has 0 unspecified atom stereocenters. The second-order valence-corrected chi connectivity index (χ2v) is 14.9. The predicted molar refractivity (Wildman–Crippen MR) is 170 cm³/mol. The minimum absolute atomic E-state index is 0. The second kappa shape index (κ2) is 30.4. The Morgan fingerprint density at radius 1 is 0.462 bits per heavy atom. The number of rotatable bonds is 20. The number of hydrogen-bond acceptors (Lipinski definition) is 2. The van der Waals surface area contributed by atoms with Gasteiger partial charge in [0.05, 0.1) is 0 Å². The Morgan fingerprint density at radius 3 is 0.897 bits per heavy atom. The monoisotopic (exact) mass is 678 g/mol. The van der Waals surface area contributed by atoms with Gasteiger partial charge in [-0.05, 0) is 60.4 Å². The van der Waals surface area contributed by atoms with Crippen LogP contribution in [0.5, 0.6) is 0 Å². The van der Waals surface area contributed by atoms with Gasteiger partial charge in [0.25, 0.3) is 0 Å².